The highest BCUT2D eigenvalue weighted by atomic mass is 16.3. The van der Waals surface area contributed by atoms with Crippen molar-refractivity contribution in [3.8, 4) is 5.82 Å². The van der Waals surface area contributed by atoms with Crippen molar-refractivity contribution in [3.05, 3.63) is 66.0 Å². The summed E-state index contributed by atoms with van der Waals surface area (Å²) in [5, 5.41) is 0. The van der Waals surface area contributed by atoms with Gasteiger partial charge in [0.2, 0.25) is 0 Å². The number of nitrogens with zero attached hydrogens (tertiary/aromatic N) is 4. The molecule has 29 heavy (non-hydrogen) atoms. The zero-order valence-corrected chi connectivity index (χ0v) is 17.1. The van der Waals surface area contributed by atoms with Crippen molar-refractivity contribution in [1.29, 1.82) is 0 Å². The van der Waals surface area contributed by atoms with E-state index in [1.165, 1.54) is 5.69 Å². The molecule has 1 saturated heterocycles. The fraction of sp³-hybridized carbons (Fsp3) is 0.391. The predicted octanol–water partition coefficient (Wildman–Crippen LogP) is 3.99. The zero-order chi connectivity index (χ0) is 20.2. The average molecular weight is 390 g/mol. The SMILES string of the molecule is Cc1ccc(C(=O)N2CC[C@]3(C2)c2cccn2-c2ncccc2N3CC(C)C)o1. The molecule has 2 aliphatic heterocycles. The molecule has 3 aromatic heterocycles. The van der Waals surface area contributed by atoms with Crippen LogP contribution in [-0.2, 0) is 5.54 Å². The van der Waals surface area contributed by atoms with Crippen molar-refractivity contribution in [3.63, 3.8) is 0 Å². The third kappa shape index (κ3) is 2.69. The number of likely N-dealkylation sites (tertiary alicyclic amines) is 1. The number of fused-ring (bicyclic) bond motifs is 4. The highest BCUT2D eigenvalue weighted by Gasteiger charge is 2.51. The summed E-state index contributed by atoms with van der Waals surface area (Å²) in [6, 6.07) is 12.0. The van der Waals surface area contributed by atoms with Crippen LogP contribution in [-0.4, -0.2) is 40.0 Å². The molecule has 2 aliphatic rings. The van der Waals surface area contributed by atoms with Gasteiger partial charge in [-0.3, -0.25) is 4.79 Å². The Bertz CT molecular complexity index is 1070. The van der Waals surface area contributed by atoms with E-state index in [4.69, 9.17) is 4.42 Å². The number of aryl methyl sites for hydroxylation is 1. The van der Waals surface area contributed by atoms with Gasteiger partial charge in [-0.25, -0.2) is 4.98 Å². The highest BCUT2D eigenvalue weighted by Crippen LogP contribution is 2.47. The Balaban J connectivity index is 1.58. The van der Waals surface area contributed by atoms with E-state index in [-0.39, 0.29) is 11.4 Å². The molecule has 0 N–H and O–H groups in total. The molecule has 150 valence electrons. The lowest BCUT2D eigenvalue weighted by atomic mass is 9.88. The van der Waals surface area contributed by atoms with E-state index < -0.39 is 0 Å². The predicted molar refractivity (Wildman–Crippen MR) is 111 cm³/mol. The Morgan fingerprint density at radius 1 is 1.24 bits per heavy atom. The van der Waals surface area contributed by atoms with Crippen LogP contribution in [0.2, 0.25) is 0 Å². The van der Waals surface area contributed by atoms with E-state index in [9.17, 15) is 4.79 Å². The third-order valence-corrected chi connectivity index (χ3v) is 6.06. The van der Waals surface area contributed by atoms with Crippen LogP contribution in [0.3, 0.4) is 0 Å². The molecular weight excluding hydrogens is 364 g/mol. The fourth-order valence-corrected chi connectivity index (χ4v) is 4.84. The molecule has 0 aromatic carbocycles. The number of carbonyl (C=O) groups is 1. The molecule has 1 spiro atoms. The van der Waals surface area contributed by atoms with Crippen molar-refractivity contribution in [2.75, 3.05) is 24.5 Å². The van der Waals surface area contributed by atoms with Crippen LogP contribution >= 0.6 is 0 Å². The number of pyridine rings is 1. The summed E-state index contributed by atoms with van der Waals surface area (Å²) in [4.78, 5) is 22.2. The molecule has 1 atom stereocenters. The first kappa shape index (κ1) is 18.0. The zero-order valence-electron chi connectivity index (χ0n) is 17.1. The second kappa shape index (κ2) is 6.51. The molecule has 0 radical (unpaired) electrons. The molecule has 0 unspecified atom stereocenters. The molecule has 5 heterocycles. The first-order valence-electron chi connectivity index (χ1n) is 10.3. The van der Waals surface area contributed by atoms with Crippen molar-refractivity contribution in [2.24, 2.45) is 5.92 Å². The van der Waals surface area contributed by atoms with Crippen LogP contribution in [0.25, 0.3) is 5.82 Å². The van der Waals surface area contributed by atoms with Crippen LogP contribution < -0.4 is 4.90 Å². The fourth-order valence-electron chi connectivity index (χ4n) is 4.84. The number of anilines is 1. The largest absolute Gasteiger partial charge is 0.456 e. The number of carbonyl (C=O) groups excluding carboxylic acids is 1. The second-order valence-corrected chi connectivity index (χ2v) is 8.53. The first-order chi connectivity index (χ1) is 14.0. The first-order valence-corrected chi connectivity index (χ1v) is 10.3. The Hall–Kier alpha value is -3.02. The molecule has 6 nitrogen and oxygen atoms in total. The van der Waals surface area contributed by atoms with Crippen molar-refractivity contribution >= 4 is 11.6 Å². The Labute approximate surface area is 170 Å². The minimum Gasteiger partial charge on any atom is -0.456 e. The maximum absolute atomic E-state index is 13.1. The molecule has 0 bridgehead atoms. The summed E-state index contributed by atoms with van der Waals surface area (Å²) in [7, 11) is 0. The average Bonchev–Trinajstić information content (AvgIpc) is 3.44. The van der Waals surface area contributed by atoms with E-state index in [0.29, 0.717) is 24.8 Å². The lowest BCUT2D eigenvalue weighted by Gasteiger charge is -2.47. The lowest BCUT2D eigenvalue weighted by Crippen LogP contribution is -2.54. The third-order valence-electron chi connectivity index (χ3n) is 6.06. The summed E-state index contributed by atoms with van der Waals surface area (Å²) in [5.74, 6) is 2.59. The molecule has 0 aliphatic carbocycles. The summed E-state index contributed by atoms with van der Waals surface area (Å²) in [6.45, 7) is 8.59. The summed E-state index contributed by atoms with van der Waals surface area (Å²) >= 11 is 0. The van der Waals surface area contributed by atoms with Gasteiger partial charge >= 0.3 is 0 Å². The van der Waals surface area contributed by atoms with Crippen LogP contribution in [0, 0.1) is 12.8 Å². The summed E-state index contributed by atoms with van der Waals surface area (Å²) < 4.78 is 7.81. The monoisotopic (exact) mass is 390 g/mol. The minimum atomic E-state index is -0.263. The van der Waals surface area contributed by atoms with Gasteiger partial charge in [0.1, 0.15) is 11.3 Å². The number of hydrogen-bond donors (Lipinski definition) is 0. The van der Waals surface area contributed by atoms with Crippen LogP contribution in [0.4, 0.5) is 5.69 Å². The normalized spacial score (nSPS) is 20.4. The minimum absolute atomic E-state index is 0.0328. The van der Waals surface area contributed by atoms with E-state index in [0.717, 1.165) is 30.2 Å². The van der Waals surface area contributed by atoms with Gasteiger partial charge in [0.15, 0.2) is 11.6 Å². The van der Waals surface area contributed by atoms with Gasteiger partial charge in [-0.1, -0.05) is 13.8 Å². The molecule has 5 rings (SSSR count). The van der Waals surface area contributed by atoms with Crippen molar-refractivity contribution in [2.45, 2.75) is 32.7 Å². The van der Waals surface area contributed by atoms with Gasteiger partial charge in [-0.15, -0.1) is 0 Å². The quantitative estimate of drug-likeness (QED) is 0.679. The van der Waals surface area contributed by atoms with Crippen LogP contribution in [0.15, 0.2) is 53.2 Å². The molecule has 6 heteroatoms. The number of furan rings is 1. The van der Waals surface area contributed by atoms with E-state index >= 15 is 0 Å². The second-order valence-electron chi connectivity index (χ2n) is 8.53. The maximum atomic E-state index is 13.1. The van der Waals surface area contributed by atoms with E-state index in [2.05, 4.69) is 52.7 Å². The van der Waals surface area contributed by atoms with Gasteiger partial charge in [-0.2, -0.15) is 0 Å². The van der Waals surface area contributed by atoms with Crippen LogP contribution in [0.1, 0.15) is 42.3 Å². The molecule has 3 aromatic rings. The number of hydrogen-bond acceptors (Lipinski definition) is 4. The van der Waals surface area contributed by atoms with E-state index in [1.807, 2.05) is 30.2 Å². The Morgan fingerprint density at radius 3 is 2.86 bits per heavy atom. The molecule has 0 saturated carbocycles. The smallest absolute Gasteiger partial charge is 0.289 e. The summed E-state index contributed by atoms with van der Waals surface area (Å²) in [6.07, 6.45) is 4.80. The topological polar surface area (TPSA) is 54.5 Å². The Kier molecular flexibility index (Phi) is 4.05. The number of amides is 1. The van der Waals surface area contributed by atoms with E-state index in [1.54, 1.807) is 6.07 Å². The highest BCUT2D eigenvalue weighted by molar-refractivity contribution is 5.92. The Morgan fingerprint density at radius 2 is 2.10 bits per heavy atom. The van der Waals surface area contributed by atoms with Crippen molar-refractivity contribution < 1.29 is 9.21 Å². The van der Waals surface area contributed by atoms with Gasteiger partial charge in [-0.05, 0) is 55.7 Å². The molecule has 1 fully saturated rings. The standard InChI is InChI=1S/C23H26N4O2/c1-16(2)14-27-18-6-4-11-24-21(18)26-12-5-7-20(26)23(27)10-13-25(15-23)22(28)19-9-8-17(3)29-19/h4-9,11-12,16H,10,13-15H2,1-3H3/t23-/m0/s1. The van der Waals surface area contributed by atoms with Gasteiger partial charge in [0.25, 0.3) is 5.91 Å². The van der Waals surface area contributed by atoms with Gasteiger partial charge in [0.05, 0.1) is 17.9 Å². The maximum Gasteiger partial charge on any atom is 0.289 e. The van der Waals surface area contributed by atoms with Crippen LogP contribution in [0.5, 0.6) is 0 Å². The van der Waals surface area contributed by atoms with Crippen molar-refractivity contribution in [1.82, 2.24) is 14.5 Å². The lowest BCUT2D eigenvalue weighted by molar-refractivity contribution is 0.0748. The number of aromatic nitrogens is 2. The molecular formula is C23H26N4O2. The summed E-state index contributed by atoms with van der Waals surface area (Å²) in [5.41, 5.74) is 2.07. The van der Waals surface area contributed by atoms with Gasteiger partial charge in [0, 0.05) is 25.5 Å². The molecule has 1 amide bonds. The number of rotatable bonds is 3. The van der Waals surface area contributed by atoms with Gasteiger partial charge < -0.3 is 18.8 Å².